The smallest absolute Gasteiger partial charge is 0.319 e. The van der Waals surface area contributed by atoms with Gasteiger partial charge in [0.1, 0.15) is 6.17 Å². The van der Waals surface area contributed by atoms with Crippen LogP contribution in [-0.4, -0.2) is 54.2 Å². The van der Waals surface area contributed by atoms with Crippen molar-refractivity contribution in [2.24, 2.45) is 5.92 Å². The molecule has 23 heavy (non-hydrogen) atoms. The average Bonchev–Trinajstić information content (AvgIpc) is 2.54. The van der Waals surface area contributed by atoms with E-state index in [1.165, 1.54) is 0 Å². The summed E-state index contributed by atoms with van der Waals surface area (Å²) in [7, 11) is 3.50. The van der Waals surface area contributed by atoms with Gasteiger partial charge >= 0.3 is 12.1 Å². The van der Waals surface area contributed by atoms with Crippen LogP contribution in [0.3, 0.4) is 0 Å². The summed E-state index contributed by atoms with van der Waals surface area (Å²) >= 11 is 0. The van der Waals surface area contributed by atoms with E-state index < -0.39 is 0 Å². The summed E-state index contributed by atoms with van der Waals surface area (Å²) in [5, 5.41) is 5.89. The third-order valence-corrected chi connectivity index (χ3v) is 4.75. The molecule has 0 spiro atoms. The van der Waals surface area contributed by atoms with Crippen molar-refractivity contribution >= 4 is 18.1 Å². The van der Waals surface area contributed by atoms with Gasteiger partial charge in [0, 0.05) is 26.1 Å². The predicted molar refractivity (Wildman–Crippen MR) is 88.6 cm³/mol. The molecule has 3 rings (SSSR count). The summed E-state index contributed by atoms with van der Waals surface area (Å²) in [6, 6.07) is 9.54. The third-order valence-electron chi connectivity index (χ3n) is 4.75. The molecule has 0 aromatic heterocycles. The molecule has 4 atom stereocenters. The van der Waals surface area contributed by atoms with Crippen molar-refractivity contribution in [2.75, 3.05) is 14.1 Å². The lowest BCUT2D eigenvalue weighted by Crippen LogP contribution is -2.73. The zero-order valence-electron chi connectivity index (χ0n) is 13.6. The fourth-order valence-corrected chi connectivity index (χ4v) is 3.38. The van der Waals surface area contributed by atoms with E-state index in [1.54, 1.807) is 23.9 Å². The fraction of sp³-hybridized carbons (Fsp3) is 0.412. The van der Waals surface area contributed by atoms with E-state index in [4.69, 9.17) is 0 Å². The van der Waals surface area contributed by atoms with Gasteiger partial charge < -0.3 is 20.4 Å². The fourth-order valence-electron chi connectivity index (χ4n) is 3.38. The number of hydrogen-bond acceptors (Lipinski definition) is 2. The number of benzene rings is 1. The second-order valence-electron chi connectivity index (χ2n) is 6.19. The summed E-state index contributed by atoms with van der Waals surface area (Å²) in [6.45, 7) is 1.98. The Balaban J connectivity index is 1.91. The number of carbonyl (C=O) groups excluding carboxylic acids is 2. The number of fused-ring (bicyclic) bond motifs is 1. The van der Waals surface area contributed by atoms with Gasteiger partial charge in [0.15, 0.2) is 0 Å². The van der Waals surface area contributed by atoms with Gasteiger partial charge in [-0.05, 0) is 12.5 Å². The van der Waals surface area contributed by atoms with Gasteiger partial charge in [-0.15, -0.1) is 0 Å². The standard InChI is InChI=1S/C17H22N4O2/c1-11-14-13(10-9-12-7-5-4-6-8-12)20(2)17(23)19-15(14)21(3)16(22)18-11/h4-11,13-15H,1-3H3,(H,18,22)(H,19,23)/b10-9+/t11-,13+,14-,15-/m1/s1. The number of hydrogen-bond donors (Lipinski definition) is 2. The van der Waals surface area contributed by atoms with Crippen LogP contribution in [0.5, 0.6) is 0 Å². The molecular formula is C17H22N4O2. The maximum atomic E-state index is 12.3. The Bertz CT molecular complexity index is 631. The molecule has 0 unspecified atom stereocenters. The Hall–Kier alpha value is -2.50. The Morgan fingerprint density at radius 3 is 2.35 bits per heavy atom. The van der Waals surface area contributed by atoms with Gasteiger partial charge in [0.25, 0.3) is 0 Å². The second kappa shape index (κ2) is 5.95. The quantitative estimate of drug-likeness (QED) is 0.873. The molecule has 0 aliphatic carbocycles. The molecule has 6 nitrogen and oxygen atoms in total. The number of likely N-dealkylation sites (N-methyl/N-ethyl adjacent to an activating group) is 1. The van der Waals surface area contributed by atoms with Crippen LogP contribution in [0.1, 0.15) is 12.5 Å². The van der Waals surface area contributed by atoms with Gasteiger partial charge in [0.2, 0.25) is 0 Å². The number of nitrogens with zero attached hydrogens (tertiary/aromatic N) is 2. The minimum absolute atomic E-state index is 0.0304. The van der Waals surface area contributed by atoms with Crippen molar-refractivity contribution in [3.63, 3.8) is 0 Å². The molecule has 6 heteroatoms. The summed E-state index contributed by atoms with van der Waals surface area (Å²) < 4.78 is 0. The minimum atomic E-state index is -0.298. The van der Waals surface area contributed by atoms with Crippen molar-refractivity contribution in [3.05, 3.63) is 42.0 Å². The lowest BCUT2D eigenvalue weighted by atomic mass is 9.84. The molecule has 2 aliphatic heterocycles. The van der Waals surface area contributed by atoms with Crippen LogP contribution in [0.2, 0.25) is 0 Å². The van der Waals surface area contributed by atoms with Gasteiger partial charge in [-0.25, -0.2) is 9.59 Å². The molecule has 2 N–H and O–H groups in total. The highest BCUT2D eigenvalue weighted by atomic mass is 16.2. The predicted octanol–water partition coefficient (Wildman–Crippen LogP) is 1.71. The normalized spacial score (nSPS) is 30.9. The highest BCUT2D eigenvalue weighted by Crippen LogP contribution is 2.29. The molecule has 0 bridgehead atoms. The maximum absolute atomic E-state index is 12.3. The number of amides is 4. The monoisotopic (exact) mass is 314 g/mol. The van der Waals surface area contributed by atoms with Crippen molar-refractivity contribution in [1.82, 2.24) is 20.4 Å². The first-order valence-corrected chi connectivity index (χ1v) is 7.79. The summed E-state index contributed by atoms with van der Waals surface area (Å²) in [5.41, 5.74) is 1.09. The molecule has 0 saturated carbocycles. The van der Waals surface area contributed by atoms with E-state index >= 15 is 0 Å². The van der Waals surface area contributed by atoms with E-state index in [-0.39, 0.29) is 36.2 Å². The highest BCUT2D eigenvalue weighted by molar-refractivity contribution is 5.80. The molecule has 2 saturated heterocycles. The molecule has 4 amide bonds. The zero-order valence-corrected chi connectivity index (χ0v) is 13.6. The third kappa shape index (κ3) is 2.76. The zero-order chi connectivity index (χ0) is 16.6. The molecule has 0 radical (unpaired) electrons. The van der Waals surface area contributed by atoms with Crippen molar-refractivity contribution in [2.45, 2.75) is 25.2 Å². The number of rotatable bonds is 2. The van der Waals surface area contributed by atoms with Crippen LogP contribution in [0.15, 0.2) is 36.4 Å². The van der Waals surface area contributed by atoms with E-state index in [9.17, 15) is 9.59 Å². The van der Waals surface area contributed by atoms with Crippen LogP contribution in [-0.2, 0) is 0 Å². The Morgan fingerprint density at radius 2 is 1.65 bits per heavy atom. The second-order valence-corrected chi connectivity index (χ2v) is 6.19. The van der Waals surface area contributed by atoms with E-state index in [0.29, 0.717) is 0 Å². The lowest BCUT2D eigenvalue weighted by Gasteiger charge is -2.51. The molecule has 122 valence electrons. The van der Waals surface area contributed by atoms with Crippen LogP contribution >= 0.6 is 0 Å². The van der Waals surface area contributed by atoms with Crippen LogP contribution in [0, 0.1) is 5.92 Å². The van der Waals surface area contributed by atoms with Crippen LogP contribution in [0.4, 0.5) is 9.59 Å². The Kier molecular flexibility index (Phi) is 3.98. The van der Waals surface area contributed by atoms with Gasteiger partial charge in [-0.1, -0.05) is 42.5 Å². The van der Waals surface area contributed by atoms with Crippen LogP contribution < -0.4 is 10.6 Å². The van der Waals surface area contributed by atoms with Crippen molar-refractivity contribution in [3.8, 4) is 0 Å². The largest absolute Gasteiger partial charge is 0.335 e. The summed E-state index contributed by atoms with van der Waals surface area (Å²) in [6.07, 6.45) is 3.78. The van der Waals surface area contributed by atoms with Crippen LogP contribution in [0.25, 0.3) is 6.08 Å². The number of carbonyl (C=O) groups is 2. The first-order valence-electron chi connectivity index (χ1n) is 7.79. The Labute approximate surface area is 136 Å². The van der Waals surface area contributed by atoms with E-state index in [1.807, 2.05) is 49.4 Å². The lowest BCUT2D eigenvalue weighted by molar-refractivity contribution is 0.0407. The SMILES string of the molecule is C[C@H]1NC(=O)N(C)[C@H]2NC(=O)N(C)[C@@H](/C=C/c3ccccc3)[C@@H]12. The van der Waals surface area contributed by atoms with Gasteiger partial charge in [0.05, 0.1) is 6.04 Å². The van der Waals surface area contributed by atoms with Gasteiger partial charge in [-0.3, -0.25) is 0 Å². The first-order chi connectivity index (χ1) is 11.0. The molecule has 1 aromatic rings. The van der Waals surface area contributed by atoms with Crippen molar-refractivity contribution in [1.29, 1.82) is 0 Å². The number of nitrogens with one attached hydrogen (secondary N) is 2. The molecule has 2 aliphatic rings. The average molecular weight is 314 g/mol. The summed E-state index contributed by atoms with van der Waals surface area (Å²) in [5.74, 6) is 0.0698. The highest BCUT2D eigenvalue weighted by Gasteiger charge is 2.48. The van der Waals surface area contributed by atoms with E-state index in [2.05, 4.69) is 10.6 Å². The maximum Gasteiger partial charge on any atom is 0.319 e. The van der Waals surface area contributed by atoms with Gasteiger partial charge in [-0.2, -0.15) is 0 Å². The number of urea groups is 2. The molecule has 2 heterocycles. The molecule has 1 aromatic carbocycles. The topological polar surface area (TPSA) is 64.7 Å². The molecular weight excluding hydrogens is 292 g/mol. The Morgan fingerprint density at radius 1 is 1.00 bits per heavy atom. The first kappa shape index (κ1) is 15.4. The van der Waals surface area contributed by atoms with E-state index in [0.717, 1.165) is 5.56 Å². The molecule has 2 fully saturated rings. The van der Waals surface area contributed by atoms with Crippen molar-refractivity contribution < 1.29 is 9.59 Å². The summed E-state index contributed by atoms with van der Waals surface area (Å²) in [4.78, 5) is 27.5. The minimum Gasteiger partial charge on any atom is -0.335 e.